The van der Waals surface area contributed by atoms with Crippen LogP contribution >= 0.6 is 0 Å². The number of ketones is 1. The van der Waals surface area contributed by atoms with Gasteiger partial charge in [-0.05, 0) is 18.8 Å². The molecule has 0 N–H and O–H groups in total. The standard InChI is InChI=1S/C8H11BF3O/c10-9(11,12)5-6-4-7(13)8(6)2-1-3-8/h6H,1-5H2/q-1. The maximum Gasteiger partial charge on any atom is 0.478 e. The molecule has 0 bridgehead atoms. The molecular weight excluding hydrogens is 180 g/mol. The van der Waals surface area contributed by atoms with E-state index in [1.165, 1.54) is 0 Å². The molecule has 74 valence electrons. The van der Waals surface area contributed by atoms with E-state index in [2.05, 4.69) is 0 Å². The van der Waals surface area contributed by atoms with Crippen LogP contribution in [-0.4, -0.2) is 12.8 Å². The van der Waals surface area contributed by atoms with Crippen LogP contribution < -0.4 is 0 Å². The molecule has 1 atom stereocenters. The minimum Gasteiger partial charge on any atom is -0.449 e. The van der Waals surface area contributed by atoms with Gasteiger partial charge in [0.05, 0.1) is 0 Å². The molecule has 5 heteroatoms. The molecule has 2 saturated carbocycles. The molecule has 2 rings (SSSR count). The average molecular weight is 191 g/mol. The predicted molar refractivity (Wildman–Crippen MR) is 43.3 cm³/mol. The lowest BCUT2D eigenvalue weighted by molar-refractivity contribution is -0.154. The summed E-state index contributed by atoms with van der Waals surface area (Å²) in [4.78, 5) is 11.2. The number of hydrogen-bond acceptors (Lipinski definition) is 1. The highest BCUT2D eigenvalue weighted by Gasteiger charge is 2.58. The van der Waals surface area contributed by atoms with Crippen molar-refractivity contribution in [2.45, 2.75) is 32.0 Å². The fourth-order valence-electron chi connectivity index (χ4n) is 2.60. The van der Waals surface area contributed by atoms with E-state index in [1.54, 1.807) is 0 Å². The third-order valence-corrected chi connectivity index (χ3v) is 3.57. The van der Waals surface area contributed by atoms with Crippen LogP contribution in [0, 0.1) is 11.3 Å². The Morgan fingerprint density at radius 3 is 2.31 bits per heavy atom. The van der Waals surface area contributed by atoms with Gasteiger partial charge in [0.2, 0.25) is 0 Å². The van der Waals surface area contributed by atoms with E-state index < -0.39 is 18.7 Å². The first kappa shape index (κ1) is 9.09. The van der Waals surface area contributed by atoms with Crippen molar-refractivity contribution in [1.82, 2.24) is 0 Å². The number of Topliss-reactive ketones (excluding diaryl/α,β-unsaturated/α-hetero) is 1. The van der Waals surface area contributed by atoms with Crippen LogP contribution in [0.2, 0.25) is 6.32 Å². The van der Waals surface area contributed by atoms with Gasteiger partial charge in [-0.25, -0.2) is 0 Å². The summed E-state index contributed by atoms with van der Waals surface area (Å²) in [5, 5.41) is 0. The summed E-state index contributed by atoms with van der Waals surface area (Å²) in [7, 11) is 0. The molecule has 0 saturated heterocycles. The summed E-state index contributed by atoms with van der Waals surface area (Å²) in [5.74, 6) is -0.308. The highest BCUT2D eigenvalue weighted by Crippen LogP contribution is 2.59. The highest BCUT2D eigenvalue weighted by molar-refractivity contribution is 6.58. The molecule has 0 aromatic heterocycles. The number of hydrogen-bond donors (Lipinski definition) is 0. The Labute approximate surface area is 74.7 Å². The Morgan fingerprint density at radius 1 is 1.38 bits per heavy atom. The van der Waals surface area contributed by atoms with E-state index in [1.807, 2.05) is 0 Å². The van der Waals surface area contributed by atoms with Crippen molar-refractivity contribution in [3.8, 4) is 0 Å². The van der Waals surface area contributed by atoms with Crippen LogP contribution in [0.5, 0.6) is 0 Å². The summed E-state index contributed by atoms with van der Waals surface area (Å²) in [6.07, 6.45) is 1.78. The lowest BCUT2D eigenvalue weighted by atomic mass is 9.45. The van der Waals surface area contributed by atoms with Gasteiger partial charge in [-0.15, -0.1) is 0 Å². The van der Waals surface area contributed by atoms with Crippen LogP contribution in [0.15, 0.2) is 0 Å². The molecule has 1 nitrogen and oxygen atoms in total. The largest absolute Gasteiger partial charge is 0.478 e. The van der Waals surface area contributed by atoms with Crippen molar-refractivity contribution in [3.63, 3.8) is 0 Å². The molecule has 13 heavy (non-hydrogen) atoms. The van der Waals surface area contributed by atoms with E-state index in [4.69, 9.17) is 0 Å². The first-order chi connectivity index (χ1) is 5.94. The van der Waals surface area contributed by atoms with E-state index >= 15 is 0 Å². The van der Waals surface area contributed by atoms with Crippen molar-refractivity contribution in [2.75, 3.05) is 0 Å². The van der Waals surface area contributed by atoms with Gasteiger partial charge in [-0.3, -0.25) is 4.79 Å². The summed E-state index contributed by atoms with van der Waals surface area (Å²) in [6.45, 7) is -4.71. The molecule has 2 aliphatic carbocycles. The van der Waals surface area contributed by atoms with Gasteiger partial charge < -0.3 is 12.9 Å². The van der Waals surface area contributed by atoms with E-state index in [9.17, 15) is 17.7 Å². The third-order valence-electron chi connectivity index (χ3n) is 3.57. The summed E-state index contributed by atoms with van der Waals surface area (Å²) in [6, 6.07) is 0. The van der Waals surface area contributed by atoms with Gasteiger partial charge in [0.1, 0.15) is 5.78 Å². The topological polar surface area (TPSA) is 17.1 Å². The molecule has 2 aliphatic rings. The molecule has 0 aromatic carbocycles. The van der Waals surface area contributed by atoms with E-state index in [0.717, 1.165) is 6.42 Å². The minimum absolute atomic E-state index is 0.0730. The second-order valence-corrected chi connectivity index (χ2v) is 4.28. The first-order valence-electron chi connectivity index (χ1n) is 4.68. The Balaban J connectivity index is 1.99. The second kappa shape index (κ2) is 2.52. The monoisotopic (exact) mass is 191 g/mol. The number of carbonyl (C=O) groups excluding carboxylic acids is 1. The third kappa shape index (κ3) is 1.29. The van der Waals surface area contributed by atoms with Gasteiger partial charge in [0, 0.05) is 11.8 Å². The molecule has 2 fully saturated rings. The van der Waals surface area contributed by atoms with Crippen molar-refractivity contribution in [1.29, 1.82) is 0 Å². The lowest BCUT2D eigenvalue weighted by Crippen LogP contribution is -2.55. The van der Waals surface area contributed by atoms with Gasteiger partial charge in [-0.1, -0.05) is 12.7 Å². The molecule has 1 unspecified atom stereocenters. The molecule has 0 aliphatic heterocycles. The van der Waals surface area contributed by atoms with Crippen LogP contribution in [0.3, 0.4) is 0 Å². The zero-order valence-electron chi connectivity index (χ0n) is 7.23. The van der Waals surface area contributed by atoms with Crippen molar-refractivity contribution in [3.05, 3.63) is 0 Å². The van der Waals surface area contributed by atoms with Gasteiger partial charge in [0.15, 0.2) is 0 Å². The maximum atomic E-state index is 12.1. The van der Waals surface area contributed by atoms with Crippen molar-refractivity contribution in [2.24, 2.45) is 11.3 Å². The SMILES string of the molecule is O=C1CC(C[B-](F)(F)F)C12CCC2. The number of halogens is 3. The summed E-state index contributed by atoms with van der Waals surface area (Å²) >= 11 is 0. The molecule has 0 heterocycles. The zero-order chi connectivity index (χ0) is 9.69. The first-order valence-corrected chi connectivity index (χ1v) is 4.68. The molecule has 0 aromatic rings. The highest BCUT2D eigenvalue weighted by atomic mass is 19.4. The zero-order valence-corrected chi connectivity index (χ0v) is 7.23. The smallest absolute Gasteiger partial charge is 0.449 e. The van der Waals surface area contributed by atoms with Crippen LogP contribution in [0.1, 0.15) is 25.7 Å². The van der Waals surface area contributed by atoms with Crippen molar-refractivity contribution < 1.29 is 17.7 Å². The molecule has 0 radical (unpaired) electrons. The fourth-order valence-corrected chi connectivity index (χ4v) is 2.60. The van der Waals surface area contributed by atoms with E-state index in [0.29, 0.717) is 12.8 Å². The van der Waals surface area contributed by atoms with Gasteiger partial charge in [0.25, 0.3) is 0 Å². The molecule has 1 spiro atoms. The quantitative estimate of drug-likeness (QED) is 0.613. The van der Waals surface area contributed by atoms with Crippen molar-refractivity contribution >= 4 is 12.8 Å². The predicted octanol–water partition coefficient (Wildman–Crippen LogP) is 2.59. The van der Waals surface area contributed by atoms with Crippen LogP contribution in [-0.2, 0) is 4.79 Å². The van der Waals surface area contributed by atoms with Gasteiger partial charge in [-0.2, -0.15) is 0 Å². The minimum atomic E-state index is -4.71. The summed E-state index contributed by atoms with van der Waals surface area (Å²) < 4.78 is 36.3. The van der Waals surface area contributed by atoms with Gasteiger partial charge >= 0.3 is 6.98 Å². The Bertz CT molecular complexity index is 244. The number of rotatable bonds is 2. The van der Waals surface area contributed by atoms with E-state index in [-0.39, 0.29) is 18.1 Å². The normalized spacial score (nSPS) is 31.3. The second-order valence-electron chi connectivity index (χ2n) is 4.28. The average Bonchev–Trinajstić information content (AvgIpc) is 1.78. The number of carbonyl (C=O) groups is 1. The molecule has 0 amide bonds. The Morgan fingerprint density at radius 2 is 2.00 bits per heavy atom. The maximum absolute atomic E-state index is 12.1. The lowest BCUT2D eigenvalue weighted by Gasteiger charge is -2.55. The summed E-state index contributed by atoms with van der Waals surface area (Å²) in [5.41, 5.74) is -0.517. The van der Waals surface area contributed by atoms with Crippen LogP contribution in [0.4, 0.5) is 12.9 Å². The Hall–Kier alpha value is -0.475. The van der Waals surface area contributed by atoms with Crippen LogP contribution in [0.25, 0.3) is 0 Å². The molecular formula is C8H11BF3O-. The Kier molecular flexibility index (Phi) is 1.76. The fraction of sp³-hybridized carbons (Fsp3) is 0.875.